The van der Waals surface area contributed by atoms with Crippen molar-refractivity contribution in [1.82, 2.24) is 14.9 Å². The zero-order chi connectivity index (χ0) is 17.1. The third-order valence-corrected chi connectivity index (χ3v) is 4.39. The molecule has 122 valence electrons. The molecule has 0 spiro atoms. The highest BCUT2D eigenvalue weighted by molar-refractivity contribution is 9.10. The number of aromatic nitrogens is 2. The average Bonchev–Trinajstić information content (AvgIpc) is 3.01. The summed E-state index contributed by atoms with van der Waals surface area (Å²) < 4.78 is 15.9. The summed E-state index contributed by atoms with van der Waals surface area (Å²) in [6.45, 7) is 0. The Bertz CT molecular complexity index is 864. The average molecular weight is 388 g/mol. The summed E-state index contributed by atoms with van der Waals surface area (Å²) in [5, 5.41) is 2.94. The van der Waals surface area contributed by atoms with Gasteiger partial charge in [-0.3, -0.25) is 4.79 Å². The van der Waals surface area contributed by atoms with Crippen LogP contribution in [0.4, 0.5) is 4.39 Å². The molecule has 0 saturated carbocycles. The second kappa shape index (κ2) is 6.97. The lowest BCUT2D eigenvalue weighted by molar-refractivity contribution is 0.0940. The Kier molecular flexibility index (Phi) is 4.76. The summed E-state index contributed by atoms with van der Waals surface area (Å²) in [6.07, 6.45) is 3.49. The molecule has 3 rings (SSSR count). The van der Waals surface area contributed by atoms with E-state index in [2.05, 4.69) is 26.2 Å². The topological polar surface area (TPSA) is 46.9 Å². The molecule has 4 nitrogen and oxygen atoms in total. The molecule has 1 amide bonds. The maximum Gasteiger partial charge on any atom is 0.253 e. The molecule has 0 aliphatic heterocycles. The Morgan fingerprint density at radius 1 is 1.25 bits per heavy atom. The summed E-state index contributed by atoms with van der Waals surface area (Å²) in [7, 11) is 1.86. The lowest BCUT2D eigenvalue weighted by Gasteiger charge is -2.19. The fourth-order valence-electron chi connectivity index (χ4n) is 2.48. The van der Waals surface area contributed by atoms with Gasteiger partial charge < -0.3 is 9.88 Å². The minimum atomic E-state index is -0.461. The number of carbonyl (C=O) groups excluding carboxylic acids is 1. The van der Waals surface area contributed by atoms with E-state index in [1.165, 1.54) is 18.2 Å². The molecule has 1 heterocycles. The molecule has 2 aromatic carbocycles. The quantitative estimate of drug-likeness (QED) is 0.738. The van der Waals surface area contributed by atoms with Crippen LogP contribution in [0, 0.1) is 5.82 Å². The van der Waals surface area contributed by atoms with Gasteiger partial charge in [0.2, 0.25) is 0 Å². The number of nitrogens with one attached hydrogen (secondary N) is 1. The molecule has 24 heavy (non-hydrogen) atoms. The summed E-state index contributed by atoms with van der Waals surface area (Å²) in [5.41, 5.74) is 1.14. The second-order valence-electron chi connectivity index (χ2n) is 5.34. The fourth-order valence-corrected chi connectivity index (χ4v) is 2.90. The van der Waals surface area contributed by atoms with Crippen LogP contribution in [0.25, 0.3) is 0 Å². The number of hydrogen-bond acceptors (Lipinski definition) is 2. The van der Waals surface area contributed by atoms with Crippen LogP contribution in [0.2, 0.25) is 0 Å². The van der Waals surface area contributed by atoms with Crippen LogP contribution in [0.15, 0.2) is 65.4 Å². The van der Waals surface area contributed by atoms with E-state index in [1.807, 2.05) is 48.1 Å². The molecule has 1 unspecified atom stereocenters. The number of imidazole rings is 1. The van der Waals surface area contributed by atoms with Crippen molar-refractivity contribution in [3.05, 3.63) is 88.2 Å². The SMILES string of the molecule is Cn1ccnc1C(NC(=O)c1cc(F)ccc1Br)c1ccccc1. The summed E-state index contributed by atoms with van der Waals surface area (Å²) in [6, 6.07) is 13.1. The van der Waals surface area contributed by atoms with E-state index in [1.54, 1.807) is 6.20 Å². The summed E-state index contributed by atoms with van der Waals surface area (Å²) in [4.78, 5) is 17.0. The van der Waals surface area contributed by atoms with Crippen LogP contribution in [0.3, 0.4) is 0 Å². The van der Waals surface area contributed by atoms with E-state index in [9.17, 15) is 9.18 Å². The molecule has 3 aromatic rings. The highest BCUT2D eigenvalue weighted by atomic mass is 79.9. The predicted octanol–water partition coefficient (Wildman–Crippen LogP) is 3.84. The molecular weight excluding hydrogens is 373 g/mol. The largest absolute Gasteiger partial charge is 0.338 e. The fraction of sp³-hybridized carbons (Fsp3) is 0.111. The van der Waals surface area contributed by atoms with Crippen LogP contribution in [0.5, 0.6) is 0 Å². The van der Waals surface area contributed by atoms with Crippen LogP contribution >= 0.6 is 15.9 Å². The monoisotopic (exact) mass is 387 g/mol. The molecule has 0 fully saturated rings. The van der Waals surface area contributed by atoms with E-state index >= 15 is 0 Å². The van der Waals surface area contributed by atoms with Gasteiger partial charge in [-0.25, -0.2) is 9.37 Å². The van der Waals surface area contributed by atoms with Crippen molar-refractivity contribution in [1.29, 1.82) is 0 Å². The zero-order valence-electron chi connectivity index (χ0n) is 12.9. The highest BCUT2D eigenvalue weighted by Gasteiger charge is 2.22. The van der Waals surface area contributed by atoms with Crippen LogP contribution in [-0.2, 0) is 7.05 Å². The van der Waals surface area contributed by atoms with E-state index in [4.69, 9.17) is 0 Å². The first kappa shape index (κ1) is 16.4. The molecule has 0 saturated heterocycles. The Labute approximate surface area is 147 Å². The predicted molar refractivity (Wildman–Crippen MR) is 93.1 cm³/mol. The molecule has 1 atom stereocenters. The smallest absolute Gasteiger partial charge is 0.253 e. The van der Waals surface area contributed by atoms with E-state index in [-0.39, 0.29) is 11.5 Å². The van der Waals surface area contributed by atoms with Crippen molar-refractivity contribution in [3.8, 4) is 0 Å². The molecular formula is C18H15BrFN3O. The normalized spacial score (nSPS) is 12.0. The standard InChI is InChI=1S/C18H15BrFN3O/c1-23-10-9-21-17(23)16(12-5-3-2-4-6-12)22-18(24)14-11-13(20)7-8-15(14)19/h2-11,16H,1H3,(H,22,24). The van der Waals surface area contributed by atoms with Gasteiger partial charge >= 0.3 is 0 Å². The maximum atomic E-state index is 13.5. The molecule has 6 heteroatoms. The van der Waals surface area contributed by atoms with Gasteiger partial charge in [0.25, 0.3) is 5.91 Å². The molecule has 1 N–H and O–H groups in total. The summed E-state index contributed by atoms with van der Waals surface area (Å²) in [5.74, 6) is -0.142. The minimum Gasteiger partial charge on any atom is -0.338 e. The lowest BCUT2D eigenvalue weighted by atomic mass is 10.1. The van der Waals surface area contributed by atoms with Crippen molar-refractivity contribution < 1.29 is 9.18 Å². The van der Waals surface area contributed by atoms with Crippen molar-refractivity contribution >= 4 is 21.8 Å². The van der Waals surface area contributed by atoms with Gasteiger partial charge in [-0.15, -0.1) is 0 Å². The minimum absolute atomic E-state index is 0.241. The Morgan fingerprint density at radius 3 is 2.67 bits per heavy atom. The molecule has 0 radical (unpaired) electrons. The molecule has 1 aromatic heterocycles. The van der Waals surface area contributed by atoms with Crippen LogP contribution in [0.1, 0.15) is 27.8 Å². The molecule has 0 aliphatic rings. The number of halogens is 2. The van der Waals surface area contributed by atoms with E-state index in [0.29, 0.717) is 10.3 Å². The number of hydrogen-bond donors (Lipinski definition) is 1. The Morgan fingerprint density at radius 2 is 2.00 bits per heavy atom. The van der Waals surface area contributed by atoms with Crippen molar-refractivity contribution in [2.24, 2.45) is 7.05 Å². The third kappa shape index (κ3) is 3.38. The maximum absolute atomic E-state index is 13.5. The number of carbonyl (C=O) groups is 1. The summed E-state index contributed by atoms with van der Waals surface area (Å²) >= 11 is 3.29. The number of benzene rings is 2. The first-order valence-electron chi connectivity index (χ1n) is 7.34. The Hall–Kier alpha value is -2.47. The zero-order valence-corrected chi connectivity index (χ0v) is 14.5. The van der Waals surface area contributed by atoms with Gasteiger partial charge in [0.1, 0.15) is 17.7 Å². The van der Waals surface area contributed by atoms with E-state index in [0.717, 1.165) is 5.56 Å². The van der Waals surface area contributed by atoms with Crippen molar-refractivity contribution in [3.63, 3.8) is 0 Å². The van der Waals surface area contributed by atoms with Crippen molar-refractivity contribution in [2.45, 2.75) is 6.04 Å². The van der Waals surface area contributed by atoms with Gasteiger partial charge in [0, 0.05) is 23.9 Å². The van der Waals surface area contributed by atoms with Crippen LogP contribution in [-0.4, -0.2) is 15.5 Å². The van der Waals surface area contributed by atoms with E-state index < -0.39 is 11.9 Å². The van der Waals surface area contributed by atoms with Crippen LogP contribution < -0.4 is 5.32 Å². The number of amides is 1. The Balaban J connectivity index is 1.97. The van der Waals surface area contributed by atoms with Gasteiger partial charge in [0.15, 0.2) is 0 Å². The van der Waals surface area contributed by atoms with Gasteiger partial charge in [-0.2, -0.15) is 0 Å². The highest BCUT2D eigenvalue weighted by Crippen LogP contribution is 2.23. The van der Waals surface area contributed by atoms with Gasteiger partial charge in [-0.05, 0) is 39.7 Å². The van der Waals surface area contributed by atoms with Gasteiger partial charge in [-0.1, -0.05) is 30.3 Å². The first-order valence-corrected chi connectivity index (χ1v) is 8.13. The molecule has 0 bridgehead atoms. The molecule has 0 aliphatic carbocycles. The number of rotatable bonds is 4. The van der Waals surface area contributed by atoms with Gasteiger partial charge in [0.05, 0.1) is 5.56 Å². The number of aryl methyl sites for hydroxylation is 1. The number of nitrogens with zero attached hydrogens (tertiary/aromatic N) is 2. The second-order valence-corrected chi connectivity index (χ2v) is 6.19. The lowest BCUT2D eigenvalue weighted by Crippen LogP contribution is -2.31. The first-order chi connectivity index (χ1) is 11.6. The van der Waals surface area contributed by atoms with Crippen molar-refractivity contribution in [2.75, 3.05) is 0 Å². The third-order valence-electron chi connectivity index (χ3n) is 3.70.